The fourth-order valence-electron chi connectivity index (χ4n) is 1.86. The fraction of sp³-hybridized carbons (Fsp3) is 0.364. The summed E-state index contributed by atoms with van der Waals surface area (Å²) in [5, 5.41) is 12.3. The van der Waals surface area contributed by atoms with Crippen molar-refractivity contribution in [1.82, 2.24) is 25.4 Å². The van der Waals surface area contributed by atoms with Crippen LogP contribution in [-0.4, -0.2) is 20.0 Å². The largest absolute Gasteiger partial charge is 0.271 e. The number of hydrazine groups is 1. The molecule has 0 aliphatic rings. The third-order valence-electron chi connectivity index (χ3n) is 2.77. The Morgan fingerprint density at radius 2 is 2.12 bits per heavy atom. The van der Waals surface area contributed by atoms with Gasteiger partial charge >= 0.3 is 0 Å². The molecule has 2 rings (SSSR count). The molecule has 90 valence electrons. The number of nitrogens with zero attached hydrogens (tertiary/aromatic N) is 4. The molecule has 2 aromatic heterocycles. The molecule has 0 amide bonds. The van der Waals surface area contributed by atoms with E-state index >= 15 is 0 Å². The van der Waals surface area contributed by atoms with Crippen LogP contribution in [0.2, 0.25) is 0 Å². The van der Waals surface area contributed by atoms with Gasteiger partial charge in [-0.2, -0.15) is 15.3 Å². The van der Waals surface area contributed by atoms with E-state index in [4.69, 9.17) is 5.84 Å². The molecule has 0 aliphatic heterocycles. The molecule has 2 aromatic rings. The van der Waals surface area contributed by atoms with Crippen molar-refractivity contribution in [2.45, 2.75) is 19.9 Å². The molecule has 6 nitrogen and oxygen atoms in total. The highest BCUT2D eigenvalue weighted by Gasteiger charge is 2.18. The van der Waals surface area contributed by atoms with Gasteiger partial charge in [-0.15, -0.1) is 0 Å². The molecule has 2 heterocycles. The molecule has 17 heavy (non-hydrogen) atoms. The molecule has 0 radical (unpaired) electrons. The minimum atomic E-state index is -0.128. The zero-order valence-corrected chi connectivity index (χ0v) is 10.2. The highest BCUT2D eigenvalue weighted by atomic mass is 15.3. The van der Waals surface area contributed by atoms with E-state index in [0.717, 1.165) is 22.6 Å². The lowest BCUT2D eigenvalue weighted by molar-refractivity contribution is 0.568. The predicted octanol–water partition coefficient (Wildman–Crippen LogP) is 0.380. The van der Waals surface area contributed by atoms with Gasteiger partial charge in [0.15, 0.2) is 0 Å². The van der Waals surface area contributed by atoms with Gasteiger partial charge in [0.25, 0.3) is 0 Å². The maximum absolute atomic E-state index is 5.64. The number of nitrogens with two attached hydrogens (primary N) is 1. The van der Waals surface area contributed by atoms with E-state index in [0.29, 0.717) is 0 Å². The highest BCUT2D eigenvalue weighted by Crippen LogP contribution is 2.22. The summed E-state index contributed by atoms with van der Waals surface area (Å²) < 4.78 is 1.79. The lowest BCUT2D eigenvalue weighted by Gasteiger charge is -2.18. The van der Waals surface area contributed by atoms with E-state index in [1.807, 2.05) is 33.0 Å². The monoisotopic (exact) mass is 232 g/mol. The zero-order valence-electron chi connectivity index (χ0n) is 10.2. The molecule has 0 bridgehead atoms. The van der Waals surface area contributed by atoms with Crippen molar-refractivity contribution >= 4 is 0 Å². The Morgan fingerprint density at radius 3 is 2.71 bits per heavy atom. The first-order chi connectivity index (χ1) is 8.13. The topological polar surface area (TPSA) is 81.6 Å². The van der Waals surface area contributed by atoms with Crippen LogP contribution in [0.5, 0.6) is 0 Å². The van der Waals surface area contributed by atoms with Crippen molar-refractivity contribution in [1.29, 1.82) is 0 Å². The van der Waals surface area contributed by atoms with Gasteiger partial charge in [-0.1, -0.05) is 0 Å². The quantitative estimate of drug-likeness (QED) is 0.590. The van der Waals surface area contributed by atoms with Crippen LogP contribution in [0, 0.1) is 13.8 Å². The molecular weight excluding hydrogens is 216 g/mol. The second-order valence-electron chi connectivity index (χ2n) is 4.01. The molecule has 3 N–H and O–H groups in total. The van der Waals surface area contributed by atoms with Gasteiger partial charge in [-0.3, -0.25) is 10.5 Å². The van der Waals surface area contributed by atoms with E-state index in [2.05, 4.69) is 20.7 Å². The van der Waals surface area contributed by atoms with Crippen LogP contribution < -0.4 is 11.3 Å². The van der Waals surface area contributed by atoms with Crippen molar-refractivity contribution in [3.05, 3.63) is 41.0 Å². The number of nitrogens with one attached hydrogen (secondary N) is 1. The molecule has 1 atom stereocenters. The normalized spacial score (nSPS) is 12.7. The molecule has 0 aliphatic carbocycles. The third-order valence-corrected chi connectivity index (χ3v) is 2.77. The van der Waals surface area contributed by atoms with E-state index in [1.54, 1.807) is 10.9 Å². The molecule has 1 unspecified atom stereocenters. The van der Waals surface area contributed by atoms with Crippen LogP contribution in [0.1, 0.15) is 28.7 Å². The van der Waals surface area contributed by atoms with Gasteiger partial charge in [-0.05, 0) is 26.0 Å². The second kappa shape index (κ2) is 4.60. The molecule has 0 saturated carbocycles. The summed E-state index contributed by atoms with van der Waals surface area (Å²) in [5.74, 6) is 5.64. The van der Waals surface area contributed by atoms with Gasteiger partial charge in [-0.25, -0.2) is 5.43 Å². The van der Waals surface area contributed by atoms with Crippen LogP contribution in [-0.2, 0) is 7.05 Å². The van der Waals surface area contributed by atoms with Crippen molar-refractivity contribution in [3.63, 3.8) is 0 Å². The van der Waals surface area contributed by atoms with Crippen molar-refractivity contribution in [2.75, 3.05) is 0 Å². The highest BCUT2D eigenvalue weighted by molar-refractivity contribution is 5.30. The number of rotatable bonds is 3. The molecule has 0 aromatic carbocycles. The first-order valence-electron chi connectivity index (χ1n) is 5.38. The van der Waals surface area contributed by atoms with Crippen molar-refractivity contribution in [3.8, 4) is 0 Å². The molecular formula is C11H16N6. The summed E-state index contributed by atoms with van der Waals surface area (Å²) in [6.07, 6.45) is 1.75. The standard InChI is InChI=1S/C11H16N6/c1-7-6-9(8(2)16-15-7)11(14-12)10-4-5-13-17(10)3/h4-6,11,14H,12H2,1-3H3. The number of aromatic nitrogens is 4. The average molecular weight is 232 g/mol. The van der Waals surface area contributed by atoms with Gasteiger partial charge in [0.05, 0.1) is 23.1 Å². The lowest BCUT2D eigenvalue weighted by atomic mass is 10.0. The fourth-order valence-corrected chi connectivity index (χ4v) is 1.86. The van der Waals surface area contributed by atoms with Crippen LogP contribution in [0.15, 0.2) is 18.3 Å². The summed E-state index contributed by atoms with van der Waals surface area (Å²) in [4.78, 5) is 0. The van der Waals surface area contributed by atoms with Crippen LogP contribution in [0.4, 0.5) is 0 Å². The zero-order chi connectivity index (χ0) is 12.4. The Balaban J connectivity index is 2.49. The van der Waals surface area contributed by atoms with Crippen LogP contribution >= 0.6 is 0 Å². The second-order valence-corrected chi connectivity index (χ2v) is 4.01. The first kappa shape index (κ1) is 11.7. The van der Waals surface area contributed by atoms with Gasteiger partial charge in [0.2, 0.25) is 0 Å². The molecule has 0 fully saturated rings. The lowest BCUT2D eigenvalue weighted by Crippen LogP contribution is -2.31. The summed E-state index contributed by atoms with van der Waals surface area (Å²) in [5.41, 5.74) is 6.54. The Labute approximate surface area is 99.8 Å². The van der Waals surface area contributed by atoms with Crippen LogP contribution in [0.25, 0.3) is 0 Å². The molecule has 6 heteroatoms. The summed E-state index contributed by atoms with van der Waals surface area (Å²) in [6, 6.07) is 3.79. The Morgan fingerprint density at radius 1 is 1.35 bits per heavy atom. The van der Waals surface area contributed by atoms with Gasteiger partial charge < -0.3 is 0 Å². The van der Waals surface area contributed by atoms with E-state index in [9.17, 15) is 0 Å². The maximum Gasteiger partial charge on any atom is 0.0896 e. The van der Waals surface area contributed by atoms with Crippen molar-refractivity contribution in [2.24, 2.45) is 12.9 Å². The Hall–Kier alpha value is -1.79. The predicted molar refractivity (Wildman–Crippen MR) is 63.9 cm³/mol. The molecule has 0 saturated heterocycles. The van der Waals surface area contributed by atoms with Crippen LogP contribution in [0.3, 0.4) is 0 Å². The third kappa shape index (κ3) is 2.17. The number of aryl methyl sites for hydroxylation is 3. The van der Waals surface area contributed by atoms with Gasteiger partial charge in [0, 0.05) is 18.8 Å². The summed E-state index contributed by atoms with van der Waals surface area (Å²) in [6.45, 7) is 3.83. The maximum atomic E-state index is 5.64. The number of hydrogen-bond donors (Lipinski definition) is 2. The van der Waals surface area contributed by atoms with Crippen molar-refractivity contribution < 1.29 is 0 Å². The van der Waals surface area contributed by atoms with E-state index < -0.39 is 0 Å². The smallest absolute Gasteiger partial charge is 0.0896 e. The number of hydrogen-bond acceptors (Lipinski definition) is 5. The Kier molecular flexibility index (Phi) is 3.16. The molecule has 0 spiro atoms. The summed E-state index contributed by atoms with van der Waals surface area (Å²) >= 11 is 0. The van der Waals surface area contributed by atoms with Gasteiger partial charge in [0.1, 0.15) is 0 Å². The SMILES string of the molecule is Cc1cc(C(NN)c2ccnn2C)c(C)nn1. The summed E-state index contributed by atoms with van der Waals surface area (Å²) in [7, 11) is 1.89. The first-order valence-corrected chi connectivity index (χ1v) is 5.38. The minimum absolute atomic E-state index is 0.128. The van der Waals surface area contributed by atoms with E-state index in [1.165, 1.54) is 0 Å². The Bertz CT molecular complexity index is 518. The average Bonchev–Trinajstić information content (AvgIpc) is 2.71. The minimum Gasteiger partial charge on any atom is -0.271 e. The van der Waals surface area contributed by atoms with E-state index in [-0.39, 0.29) is 6.04 Å².